The number of carbonyl (C=O) groups excluding carboxylic acids is 1. The third-order valence-corrected chi connectivity index (χ3v) is 3.28. The van der Waals surface area contributed by atoms with Crippen molar-refractivity contribution in [2.75, 3.05) is 31.4 Å². The molecule has 2 rings (SSSR count). The Kier molecular flexibility index (Phi) is 5.89. The summed E-state index contributed by atoms with van der Waals surface area (Å²) < 4.78 is 16.3. The van der Waals surface area contributed by atoms with E-state index < -0.39 is 0 Å². The predicted molar refractivity (Wildman–Crippen MR) is 94.1 cm³/mol. The van der Waals surface area contributed by atoms with Crippen molar-refractivity contribution in [1.82, 2.24) is 0 Å². The SMILES string of the molecule is CCOc1ccc(C(=O)Nc2ccc(N)cc2OC)cc1OCC. The van der Waals surface area contributed by atoms with Gasteiger partial charge in [0, 0.05) is 17.3 Å². The number of benzene rings is 2. The van der Waals surface area contributed by atoms with E-state index in [1.54, 1.807) is 36.4 Å². The van der Waals surface area contributed by atoms with Gasteiger partial charge in [0.1, 0.15) is 5.75 Å². The molecule has 0 aliphatic heterocycles. The van der Waals surface area contributed by atoms with Crippen molar-refractivity contribution < 1.29 is 19.0 Å². The van der Waals surface area contributed by atoms with Gasteiger partial charge in [-0.25, -0.2) is 0 Å². The first-order chi connectivity index (χ1) is 11.6. The molecular weight excluding hydrogens is 308 g/mol. The summed E-state index contributed by atoms with van der Waals surface area (Å²) in [6.45, 7) is 4.77. The highest BCUT2D eigenvalue weighted by atomic mass is 16.5. The predicted octanol–water partition coefficient (Wildman–Crippen LogP) is 3.33. The first-order valence-electron chi connectivity index (χ1n) is 7.73. The van der Waals surface area contributed by atoms with Gasteiger partial charge >= 0.3 is 0 Å². The number of nitrogen functional groups attached to an aromatic ring is 1. The molecule has 0 aliphatic carbocycles. The van der Waals surface area contributed by atoms with Gasteiger partial charge in [0.25, 0.3) is 5.91 Å². The Bertz CT molecular complexity index is 716. The fourth-order valence-corrected chi connectivity index (χ4v) is 2.20. The minimum Gasteiger partial charge on any atom is -0.494 e. The summed E-state index contributed by atoms with van der Waals surface area (Å²) in [5, 5.41) is 2.81. The number of hydrogen-bond donors (Lipinski definition) is 2. The molecule has 0 atom stereocenters. The van der Waals surface area contributed by atoms with Gasteiger partial charge in [-0.1, -0.05) is 0 Å². The lowest BCUT2D eigenvalue weighted by atomic mass is 10.1. The largest absolute Gasteiger partial charge is 0.494 e. The Morgan fingerprint density at radius 2 is 1.71 bits per heavy atom. The fraction of sp³-hybridized carbons (Fsp3) is 0.278. The summed E-state index contributed by atoms with van der Waals surface area (Å²) >= 11 is 0. The van der Waals surface area contributed by atoms with Crippen molar-refractivity contribution >= 4 is 17.3 Å². The molecule has 0 unspecified atom stereocenters. The minimum atomic E-state index is -0.276. The summed E-state index contributed by atoms with van der Waals surface area (Å²) in [6.07, 6.45) is 0. The average molecular weight is 330 g/mol. The molecule has 2 aromatic carbocycles. The lowest BCUT2D eigenvalue weighted by molar-refractivity contribution is 0.102. The molecule has 3 N–H and O–H groups in total. The summed E-state index contributed by atoms with van der Waals surface area (Å²) in [7, 11) is 1.52. The van der Waals surface area contributed by atoms with Crippen LogP contribution in [0, 0.1) is 0 Å². The number of nitrogens with two attached hydrogens (primary N) is 1. The Morgan fingerprint density at radius 1 is 1.00 bits per heavy atom. The summed E-state index contributed by atoms with van der Waals surface area (Å²) in [6, 6.07) is 10.1. The van der Waals surface area contributed by atoms with Crippen LogP contribution in [0.4, 0.5) is 11.4 Å². The first kappa shape index (κ1) is 17.5. The maximum absolute atomic E-state index is 12.5. The van der Waals surface area contributed by atoms with E-state index in [0.717, 1.165) is 0 Å². The van der Waals surface area contributed by atoms with Crippen LogP contribution in [0.3, 0.4) is 0 Å². The molecule has 0 aromatic heterocycles. The summed E-state index contributed by atoms with van der Waals surface area (Å²) in [4.78, 5) is 12.5. The molecule has 0 fully saturated rings. The van der Waals surface area contributed by atoms with Gasteiger partial charge < -0.3 is 25.3 Å². The van der Waals surface area contributed by atoms with Gasteiger partial charge in [-0.15, -0.1) is 0 Å². The second kappa shape index (κ2) is 8.10. The number of carbonyl (C=O) groups is 1. The van der Waals surface area contributed by atoms with Gasteiger partial charge in [-0.05, 0) is 44.2 Å². The monoisotopic (exact) mass is 330 g/mol. The van der Waals surface area contributed by atoms with Crippen molar-refractivity contribution in [2.45, 2.75) is 13.8 Å². The van der Waals surface area contributed by atoms with Crippen LogP contribution in [0.25, 0.3) is 0 Å². The fourth-order valence-electron chi connectivity index (χ4n) is 2.20. The molecule has 0 saturated carbocycles. The second-order valence-corrected chi connectivity index (χ2v) is 4.94. The zero-order valence-corrected chi connectivity index (χ0v) is 14.1. The van der Waals surface area contributed by atoms with Crippen molar-refractivity contribution in [3.63, 3.8) is 0 Å². The van der Waals surface area contributed by atoms with Crippen LogP contribution in [0.2, 0.25) is 0 Å². The number of rotatable bonds is 7. The maximum Gasteiger partial charge on any atom is 0.255 e. The third-order valence-electron chi connectivity index (χ3n) is 3.28. The molecule has 0 saturated heterocycles. The van der Waals surface area contributed by atoms with E-state index in [1.807, 2.05) is 13.8 Å². The van der Waals surface area contributed by atoms with Crippen LogP contribution in [0.15, 0.2) is 36.4 Å². The molecule has 0 spiro atoms. The lowest BCUT2D eigenvalue weighted by Crippen LogP contribution is -2.13. The van der Waals surface area contributed by atoms with Crippen molar-refractivity contribution in [3.8, 4) is 17.2 Å². The van der Waals surface area contributed by atoms with Crippen LogP contribution < -0.4 is 25.3 Å². The molecule has 24 heavy (non-hydrogen) atoms. The van der Waals surface area contributed by atoms with Crippen LogP contribution >= 0.6 is 0 Å². The van der Waals surface area contributed by atoms with E-state index in [9.17, 15) is 4.79 Å². The quantitative estimate of drug-likeness (QED) is 0.761. The molecule has 0 radical (unpaired) electrons. The van der Waals surface area contributed by atoms with E-state index in [2.05, 4.69) is 5.32 Å². The number of ether oxygens (including phenoxy) is 3. The Morgan fingerprint density at radius 3 is 2.38 bits per heavy atom. The number of nitrogens with one attached hydrogen (secondary N) is 1. The highest BCUT2D eigenvalue weighted by molar-refractivity contribution is 6.05. The topological polar surface area (TPSA) is 82.8 Å². The van der Waals surface area contributed by atoms with Crippen LogP contribution in [-0.2, 0) is 0 Å². The molecule has 6 nitrogen and oxygen atoms in total. The zero-order valence-electron chi connectivity index (χ0n) is 14.1. The Labute approximate surface area is 141 Å². The number of anilines is 2. The van der Waals surface area contributed by atoms with Crippen LogP contribution in [-0.4, -0.2) is 26.2 Å². The van der Waals surface area contributed by atoms with Crippen molar-refractivity contribution in [3.05, 3.63) is 42.0 Å². The zero-order chi connectivity index (χ0) is 17.5. The average Bonchev–Trinajstić information content (AvgIpc) is 2.58. The van der Waals surface area contributed by atoms with E-state index in [1.165, 1.54) is 7.11 Å². The summed E-state index contributed by atoms with van der Waals surface area (Å²) in [5.74, 6) is 1.37. The van der Waals surface area contributed by atoms with Crippen LogP contribution in [0.1, 0.15) is 24.2 Å². The molecule has 1 amide bonds. The Hall–Kier alpha value is -2.89. The Balaban J connectivity index is 2.25. The van der Waals surface area contributed by atoms with E-state index >= 15 is 0 Å². The highest BCUT2D eigenvalue weighted by Gasteiger charge is 2.13. The van der Waals surface area contributed by atoms with Gasteiger partial charge in [0.05, 0.1) is 26.0 Å². The smallest absolute Gasteiger partial charge is 0.255 e. The molecule has 2 aromatic rings. The van der Waals surface area contributed by atoms with Gasteiger partial charge in [-0.3, -0.25) is 4.79 Å². The standard InChI is InChI=1S/C18H22N2O4/c1-4-23-15-9-6-12(10-17(15)24-5-2)18(21)20-14-8-7-13(19)11-16(14)22-3/h6-11H,4-5,19H2,1-3H3,(H,20,21). The van der Waals surface area contributed by atoms with Crippen molar-refractivity contribution in [1.29, 1.82) is 0 Å². The van der Waals surface area contributed by atoms with Gasteiger partial charge in [-0.2, -0.15) is 0 Å². The van der Waals surface area contributed by atoms with Crippen molar-refractivity contribution in [2.24, 2.45) is 0 Å². The van der Waals surface area contributed by atoms with Gasteiger partial charge in [0.2, 0.25) is 0 Å². The first-order valence-corrected chi connectivity index (χ1v) is 7.73. The third kappa shape index (κ3) is 4.10. The number of methoxy groups -OCH3 is 1. The molecule has 0 aliphatic rings. The molecule has 0 heterocycles. The van der Waals surface area contributed by atoms with E-state index in [4.69, 9.17) is 19.9 Å². The van der Waals surface area contributed by atoms with E-state index in [0.29, 0.717) is 47.4 Å². The molecule has 6 heteroatoms. The lowest BCUT2D eigenvalue weighted by Gasteiger charge is -2.13. The number of hydrogen-bond acceptors (Lipinski definition) is 5. The molecule has 128 valence electrons. The number of amides is 1. The van der Waals surface area contributed by atoms with Gasteiger partial charge in [0.15, 0.2) is 11.5 Å². The normalized spacial score (nSPS) is 10.1. The second-order valence-electron chi connectivity index (χ2n) is 4.94. The molecule has 0 bridgehead atoms. The maximum atomic E-state index is 12.5. The summed E-state index contributed by atoms with van der Waals surface area (Å²) in [5.41, 5.74) is 7.28. The van der Waals surface area contributed by atoms with Crippen LogP contribution in [0.5, 0.6) is 17.2 Å². The molecular formula is C18H22N2O4. The van der Waals surface area contributed by atoms with E-state index in [-0.39, 0.29) is 5.91 Å². The minimum absolute atomic E-state index is 0.276. The highest BCUT2D eigenvalue weighted by Crippen LogP contribution is 2.30.